The highest BCUT2D eigenvalue weighted by Gasteiger charge is 2.20. The molecule has 0 aromatic carbocycles. The standard InChI is InChI=1S/C16H14Cl2N4OS2/c1-7-8(2)24-15-12(7)16(21-6-20-15)25-9(3)14(23)22-13-11(18)4-10(17)5-19-13/h4-6,9H,1-3H3,(H,19,22,23). The number of nitrogens with one attached hydrogen (secondary N) is 1. The molecular weight excluding hydrogens is 399 g/mol. The molecule has 1 unspecified atom stereocenters. The third-order valence-corrected chi connectivity index (χ3v) is 6.35. The van der Waals surface area contributed by atoms with Gasteiger partial charge in [-0.25, -0.2) is 15.0 Å². The summed E-state index contributed by atoms with van der Waals surface area (Å²) in [6.45, 7) is 5.91. The quantitative estimate of drug-likeness (QED) is 0.475. The van der Waals surface area contributed by atoms with Gasteiger partial charge in [0, 0.05) is 16.5 Å². The molecule has 9 heteroatoms. The van der Waals surface area contributed by atoms with E-state index in [0.717, 1.165) is 20.8 Å². The van der Waals surface area contributed by atoms with E-state index in [9.17, 15) is 4.79 Å². The number of nitrogens with zero attached hydrogens (tertiary/aromatic N) is 3. The Balaban J connectivity index is 1.80. The van der Waals surface area contributed by atoms with Crippen molar-refractivity contribution in [1.82, 2.24) is 15.0 Å². The first-order valence-electron chi connectivity index (χ1n) is 7.36. The smallest absolute Gasteiger partial charge is 0.238 e. The number of hydrogen-bond donors (Lipinski definition) is 1. The minimum Gasteiger partial charge on any atom is -0.308 e. The number of carbonyl (C=O) groups is 1. The first kappa shape index (κ1) is 18.4. The van der Waals surface area contributed by atoms with Gasteiger partial charge in [0.15, 0.2) is 5.82 Å². The fourth-order valence-electron chi connectivity index (χ4n) is 2.19. The Hall–Kier alpha value is -1.41. The summed E-state index contributed by atoms with van der Waals surface area (Å²) in [5, 5.41) is 4.86. The number of amides is 1. The maximum Gasteiger partial charge on any atom is 0.238 e. The zero-order chi connectivity index (χ0) is 18.1. The van der Waals surface area contributed by atoms with E-state index < -0.39 is 0 Å². The van der Waals surface area contributed by atoms with Gasteiger partial charge >= 0.3 is 0 Å². The number of thiophene rings is 1. The predicted molar refractivity (Wildman–Crippen MR) is 105 cm³/mol. The van der Waals surface area contributed by atoms with Gasteiger partial charge in [-0.3, -0.25) is 4.79 Å². The van der Waals surface area contributed by atoms with E-state index in [1.165, 1.54) is 35.2 Å². The summed E-state index contributed by atoms with van der Waals surface area (Å²) < 4.78 is 0. The Morgan fingerprint density at radius 2 is 2.04 bits per heavy atom. The monoisotopic (exact) mass is 412 g/mol. The maximum atomic E-state index is 12.5. The van der Waals surface area contributed by atoms with Crippen LogP contribution in [-0.4, -0.2) is 26.1 Å². The summed E-state index contributed by atoms with van der Waals surface area (Å²) in [7, 11) is 0. The van der Waals surface area contributed by atoms with Crippen molar-refractivity contribution in [2.24, 2.45) is 0 Å². The molecule has 0 aliphatic heterocycles. The lowest BCUT2D eigenvalue weighted by Gasteiger charge is -2.12. The Kier molecular flexibility index (Phi) is 5.48. The molecule has 3 heterocycles. The topological polar surface area (TPSA) is 67.8 Å². The van der Waals surface area contributed by atoms with E-state index in [1.807, 2.05) is 13.8 Å². The number of hydrogen-bond acceptors (Lipinski definition) is 6. The van der Waals surface area contributed by atoms with Crippen LogP contribution in [0, 0.1) is 13.8 Å². The number of pyridine rings is 1. The summed E-state index contributed by atoms with van der Waals surface area (Å²) in [4.78, 5) is 27.3. The third-order valence-electron chi connectivity index (χ3n) is 3.64. The van der Waals surface area contributed by atoms with Crippen LogP contribution in [0.3, 0.4) is 0 Å². The molecule has 25 heavy (non-hydrogen) atoms. The van der Waals surface area contributed by atoms with Crippen molar-refractivity contribution >= 4 is 68.2 Å². The zero-order valence-electron chi connectivity index (χ0n) is 13.6. The van der Waals surface area contributed by atoms with Crippen LogP contribution in [0.4, 0.5) is 5.82 Å². The second kappa shape index (κ2) is 7.45. The number of anilines is 1. The van der Waals surface area contributed by atoms with Gasteiger partial charge in [0.25, 0.3) is 0 Å². The molecule has 0 bridgehead atoms. The van der Waals surface area contributed by atoms with Crippen LogP contribution in [0.15, 0.2) is 23.6 Å². The highest BCUT2D eigenvalue weighted by atomic mass is 35.5. The first-order chi connectivity index (χ1) is 11.9. The van der Waals surface area contributed by atoms with E-state index in [1.54, 1.807) is 11.3 Å². The summed E-state index contributed by atoms with van der Waals surface area (Å²) >= 11 is 14.9. The van der Waals surface area contributed by atoms with E-state index in [4.69, 9.17) is 23.2 Å². The first-order valence-corrected chi connectivity index (χ1v) is 9.81. The largest absolute Gasteiger partial charge is 0.308 e. The average Bonchev–Trinajstić information content (AvgIpc) is 2.85. The van der Waals surface area contributed by atoms with Crippen molar-refractivity contribution in [3.63, 3.8) is 0 Å². The molecule has 1 atom stereocenters. The minimum absolute atomic E-state index is 0.210. The molecule has 0 saturated carbocycles. The number of carbonyl (C=O) groups excluding carboxylic acids is 1. The number of thioether (sulfide) groups is 1. The Bertz CT molecular complexity index is 961. The van der Waals surface area contributed by atoms with Crippen molar-refractivity contribution in [3.05, 3.63) is 39.1 Å². The average molecular weight is 413 g/mol. The second-order valence-corrected chi connectivity index (χ2v) is 8.75. The molecule has 3 rings (SSSR count). The lowest BCUT2D eigenvalue weighted by Crippen LogP contribution is -2.23. The highest BCUT2D eigenvalue weighted by molar-refractivity contribution is 8.00. The molecule has 5 nitrogen and oxygen atoms in total. The molecule has 1 amide bonds. The second-order valence-electron chi connectivity index (χ2n) is 5.38. The normalized spacial score (nSPS) is 12.4. The zero-order valence-corrected chi connectivity index (χ0v) is 16.8. The fraction of sp³-hybridized carbons (Fsp3) is 0.250. The van der Waals surface area contributed by atoms with Crippen LogP contribution in [0.2, 0.25) is 10.0 Å². The van der Waals surface area contributed by atoms with Gasteiger partial charge in [-0.05, 0) is 32.4 Å². The number of halogens is 2. The number of rotatable bonds is 4. The molecule has 1 N–H and O–H groups in total. The molecular formula is C16H14Cl2N4OS2. The molecule has 0 fully saturated rings. The molecule has 0 radical (unpaired) electrons. The van der Waals surface area contributed by atoms with Gasteiger partial charge < -0.3 is 5.32 Å². The number of aryl methyl sites for hydroxylation is 2. The van der Waals surface area contributed by atoms with Crippen LogP contribution in [0.25, 0.3) is 10.2 Å². The number of aromatic nitrogens is 3. The van der Waals surface area contributed by atoms with E-state index in [-0.39, 0.29) is 11.2 Å². The van der Waals surface area contributed by atoms with E-state index in [0.29, 0.717) is 15.9 Å². The molecule has 0 saturated heterocycles. The lowest BCUT2D eigenvalue weighted by atomic mass is 10.2. The fourth-order valence-corrected chi connectivity index (χ4v) is 4.65. The van der Waals surface area contributed by atoms with Crippen LogP contribution in [-0.2, 0) is 4.79 Å². The minimum atomic E-state index is -0.383. The van der Waals surface area contributed by atoms with Crippen LogP contribution in [0.5, 0.6) is 0 Å². The Morgan fingerprint density at radius 3 is 2.76 bits per heavy atom. The maximum absolute atomic E-state index is 12.5. The summed E-state index contributed by atoms with van der Waals surface area (Å²) in [5.41, 5.74) is 1.15. The van der Waals surface area contributed by atoms with Gasteiger partial charge in [0.1, 0.15) is 16.2 Å². The molecule has 0 aliphatic rings. The molecule has 0 aliphatic carbocycles. The summed E-state index contributed by atoms with van der Waals surface area (Å²) in [6.07, 6.45) is 2.97. The molecule has 0 spiro atoms. The van der Waals surface area contributed by atoms with Crippen molar-refractivity contribution < 1.29 is 4.79 Å². The van der Waals surface area contributed by atoms with Gasteiger partial charge in [-0.15, -0.1) is 11.3 Å². The van der Waals surface area contributed by atoms with E-state index in [2.05, 4.69) is 27.2 Å². The summed E-state index contributed by atoms with van der Waals surface area (Å²) in [5.74, 6) is 0.0806. The van der Waals surface area contributed by atoms with Crippen LogP contribution in [0.1, 0.15) is 17.4 Å². The summed E-state index contributed by atoms with van der Waals surface area (Å²) in [6, 6.07) is 1.54. The predicted octanol–water partition coefficient (Wildman–Crippen LogP) is 5.13. The van der Waals surface area contributed by atoms with Crippen LogP contribution >= 0.6 is 46.3 Å². The van der Waals surface area contributed by atoms with Crippen LogP contribution < -0.4 is 5.32 Å². The Labute approximate surface area is 163 Å². The van der Waals surface area contributed by atoms with Gasteiger partial charge in [0.2, 0.25) is 5.91 Å². The molecule has 130 valence electrons. The van der Waals surface area contributed by atoms with Crippen molar-refractivity contribution in [3.8, 4) is 0 Å². The van der Waals surface area contributed by atoms with E-state index >= 15 is 0 Å². The third kappa shape index (κ3) is 3.89. The molecule has 3 aromatic rings. The molecule has 3 aromatic heterocycles. The van der Waals surface area contributed by atoms with Crippen molar-refractivity contribution in [2.45, 2.75) is 31.0 Å². The van der Waals surface area contributed by atoms with Gasteiger partial charge in [-0.2, -0.15) is 0 Å². The lowest BCUT2D eigenvalue weighted by molar-refractivity contribution is -0.115. The number of fused-ring (bicyclic) bond motifs is 1. The SMILES string of the molecule is Cc1sc2ncnc(SC(C)C(=O)Nc3ncc(Cl)cc3Cl)c2c1C. The Morgan fingerprint density at radius 1 is 1.28 bits per heavy atom. The highest BCUT2D eigenvalue weighted by Crippen LogP contribution is 2.36. The van der Waals surface area contributed by atoms with Crippen molar-refractivity contribution in [1.29, 1.82) is 0 Å². The van der Waals surface area contributed by atoms with Gasteiger partial charge in [0.05, 0.1) is 15.3 Å². The van der Waals surface area contributed by atoms with Crippen molar-refractivity contribution in [2.75, 3.05) is 5.32 Å². The van der Waals surface area contributed by atoms with Gasteiger partial charge in [-0.1, -0.05) is 35.0 Å².